The van der Waals surface area contributed by atoms with E-state index in [0.29, 0.717) is 11.5 Å². The van der Waals surface area contributed by atoms with Gasteiger partial charge in [-0.15, -0.1) is 11.6 Å². The maximum Gasteiger partial charge on any atom is 0.0743 e. The van der Waals surface area contributed by atoms with Gasteiger partial charge in [-0.1, -0.05) is 0 Å². The molecule has 2 heterocycles. The summed E-state index contributed by atoms with van der Waals surface area (Å²) in [6, 6.07) is 0. The SMILES string of the molecule is CC1CC2(CCO1)CC(Cl)CCO2. The van der Waals surface area contributed by atoms with Gasteiger partial charge >= 0.3 is 0 Å². The smallest absolute Gasteiger partial charge is 0.0743 e. The Hall–Kier alpha value is 0.210. The van der Waals surface area contributed by atoms with Crippen LogP contribution in [0.5, 0.6) is 0 Å². The van der Waals surface area contributed by atoms with Crippen LogP contribution >= 0.6 is 11.6 Å². The van der Waals surface area contributed by atoms with Gasteiger partial charge in [0.05, 0.1) is 11.7 Å². The summed E-state index contributed by atoms with van der Waals surface area (Å²) in [6.45, 7) is 3.76. The van der Waals surface area contributed by atoms with Crippen molar-refractivity contribution in [2.45, 2.75) is 49.7 Å². The Balaban J connectivity index is 2.00. The normalized spacial score (nSPS) is 46.6. The van der Waals surface area contributed by atoms with Crippen LogP contribution in [0.1, 0.15) is 32.6 Å². The van der Waals surface area contributed by atoms with Crippen molar-refractivity contribution in [1.82, 2.24) is 0 Å². The highest BCUT2D eigenvalue weighted by Gasteiger charge is 2.40. The number of alkyl halides is 1. The first-order chi connectivity index (χ1) is 6.20. The standard InChI is InChI=1S/C10H17ClO2/c1-8-6-10(3-5-12-8)7-9(11)2-4-13-10/h8-9H,2-7H2,1H3. The van der Waals surface area contributed by atoms with Crippen LogP contribution < -0.4 is 0 Å². The lowest BCUT2D eigenvalue weighted by atomic mass is 9.84. The molecule has 3 heteroatoms. The second-order valence-corrected chi connectivity index (χ2v) is 4.87. The van der Waals surface area contributed by atoms with Crippen molar-refractivity contribution in [3.63, 3.8) is 0 Å². The van der Waals surface area contributed by atoms with E-state index in [1.54, 1.807) is 0 Å². The monoisotopic (exact) mass is 204 g/mol. The van der Waals surface area contributed by atoms with Crippen molar-refractivity contribution >= 4 is 11.6 Å². The van der Waals surface area contributed by atoms with Gasteiger partial charge in [-0.3, -0.25) is 0 Å². The summed E-state index contributed by atoms with van der Waals surface area (Å²) in [6.07, 6.45) is 4.35. The molecule has 1 spiro atoms. The Kier molecular flexibility index (Phi) is 2.82. The predicted octanol–water partition coefficient (Wildman–Crippen LogP) is 2.34. The number of hydrogen-bond acceptors (Lipinski definition) is 2. The van der Waals surface area contributed by atoms with E-state index in [0.717, 1.165) is 38.9 Å². The Labute approximate surface area is 84.5 Å². The van der Waals surface area contributed by atoms with Crippen LogP contribution in [0.3, 0.4) is 0 Å². The average Bonchev–Trinajstić information content (AvgIpc) is 2.02. The minimum absolute atomic E-state index is 0.0440. The van der Waals surface area contributed by atoms with Crippen LogP contribution in [0, 0.1) is 0 Å². The van der Waals surface area contributed by atoms with Gasteiger partial charge in [0.25, 0.3) is 0 Å². The predicted molar refractivity (Wildman–Crippen MR) is 52.2 cm³/mol. The molecule has 3 atom stereocenters. The molecule has 3 unspecified atom stereocenters. The zero-order chi connectivity index (χ0) is 9.31. The fourth-order valence-electron chi connectivity index (χ4n) is 2.42. The topological polar surface area (TPSA) is 18.5 Å². The fraction of sp³-hybridized carbons (Fsp3) is 1.00. The number of halogens is 1. The molecule has 2 aliphatic heterocycles. The average molecular weight is 205 g/mol. The quantitative estimate of drug-likeness (QED) is 0.564. The maximum absolute atomic E-state index is 6.17. The number of hydrogen-bond donors (Lipinski definition) is 0. The molecule has 0 aromatic carbocycles. The summed E-state index contributed by atoms with van der Waals surface area (Å²) in [4.78, 5) is 0. The van der Waals surface area contributed by atoms with Crippen LogP contribution in [-0.4, -0.2) is 30.3 Å². The highest BCUT2D eigenvalue weighted by atomic mass is 35.5. The van der Waals surface area contributed by atoms with Gasteiger partial charge < -0.3 is 9.47 Å². The van der Waals surface area contributed by atoms with Crippen LogP contribution in [0.4, 0.5) is 0 Å². The molecule has 0 radical (unpaired) electrons. The first-order valence-electron chi connectivity index (χ1n) is 5.10. The minimum atomic E-state index is 0.0440. The molecule has 2 saturated heterocycles. The molecule has 76 valence electrons. The molecule has 2 nitrogen and oxygen atoms in total. The summed E-state index contributed by atoms with van der Waals surface area (Å²) in [5.41, 5.74) is 0.0440. The van der Waals surface area contributed by atoms with Crippen LogP contribution in [0.25, 0.3) is 0 Å². The Bertz CT molecular complexity index is 164. The molecule has 0 saturated carbocycles. The summed E-state index contributed by atoms with van der Waals surface area (Å²) < 4.78 is 11.4. The molecule has 0 N–H and O–H groups in total. The third kappa shape index (κ3) is 2.17. The first kappa shape index (κ1) is 9.75. The summed E-state index contributed by atoms with van der Waals surface area (Å²) >= 11 is 6.17. The molecule has 2 fully saturated rings. The van der Waals surface area contributed by atoms with E-state index in [1.165, 1.54) is 0 Å². The van der Waals surface area contributed by atoms with E-state index < -0.39 is 0 Å². The summed E-state index contributed by atoms with van der Waals surface area (Å²) in [7, 11) is 0. The van der Waals surface area contributed by atoms with Crippen molar-refractivity contribution in [2.75, 3.05) is 13.2 Å². The third-order valence-corrected chi connectivity index (χ3v) is 3.42. The van der Waals surface area contributed by atoms with Crippen molar-refractivity contribution in [3.05, 3.63) is 0 Å². The summed E-state index contributed by atoms with van der Waals surface area (Å²) in [5, 5.41) is 0.305. The van der Waals surface area contributed by atoms with Gasteiger partial charge in [0.15, 0.2) is 0 Å². The lowest BCUT2D eigenvalue weighted by Gasteiger charge is -2.43. The fourth-order valence-corrected chi connectivity index (χ4v) is 2.79. The van der Waals surface area contributed by atoms with Gasteiger partial charge in [-0.05, 0) is 26.2 Å². The molecule has 13 heavy (non-hydrogen) atoms. The second-order valence-electron chi connectivity index (χ2n) is 4.26. The van der Waals surface area contributed by atoms with Crippen molar-refractivity contribution in [1.29, 1.82) is 0 Å². The van der Waals surface area contributed by atoms with Gasteiger partial charge in [0.2, 0.25) is 0 Å². The van der Waals surface area contributed by atoms with Gasteiger partial charge in [0, 0.05) is 25.0 Å². The molecular formula is C10H17ClO2. The van der Waals surface area contributed by atoms with E-state index in [1.807, 2.05) is 0 Å². The Morgan fingerprint density at radius 1 is 1.31 bits per heavy atom. The molecule has 0 aliphatic carbocycles. The van der Waals surface area contributed by atoms with E-state index in [-0.39, 0.29) is 5.60 Å². The van der Waals surface area contributed by atoms with E-state index in [4.69, 9.17) is 21.1 Å². The largest absolute Gasteiger partial charge is 0.378 e. The van der Waals surface area contributed by atoms with Gasteiger partial charge in [0.1, 0.15) is 0 Å². The molecule has 0 aromatic rings. The van der Waals surface area contributed by atoms with Gasteiger partial charge in [-0.2, -0.15) is 0 Å². The van der Waals surface area contributed by atoms with Crippen LogP contribution in [0.15, 0.2) is 0 Å². The van der Waals surface area contributed by atoms with Crippen LogP contribution in [0.2, 0.25) is 0 Å². The van der Waals surface area contributed by atoms with E-state index >= 15 is 0 Å². The van der Waals surface area contributed by atoms with E-state index in [9.17, 15) is 0 Å². The highest BCUT2D eigenvalue weighted by molar-refractivity contribution is 6.20. The van der Waals surface area contributed by atoms with Crippen molar-refractivity contribution < 1.29 is 9.47 Å². The number of rotatable bonds is 0. The van der Waals surface area contributed by atoms with E-state index in [2.05, 4.69) is 6.92 Å². The lowest BCUT2D eigenvalue weighted by Crippen LogP contribution is -2.47. The number of ether oxygens (including phenoxy) is 2. The first-order valence-corrected chi connectivity index (χ1v) is 5.53. The highest BCUT2D eigenvalue weighted by Crippen LogP contribution is 2.37. The van der Waals surface area contributed by atoms with Gasteiger partial charge in [-0.25, -0.2) is 0 Å². The second kappa shape index (κ2) is 3.76. The third-order valence-electron chi connectivity index (χ3n) is 3.05. The Morgan fingerprint density at radius 2 is 2.15 bits per heavy atom. The molecule has 0 bridgehead atoms. The Morgan fingerprint density at radius 3 is 2.85 bits per heavy atom. The zero-order valence-electron chi connectivity index (χ0n) is 8.09. The molecular weight excluding hydrogens is 188 g/mol. The van der Waals surface area contributed by atoms with Crippen molar-refractivity contribution in [3.8, 4) is 0 Å². The molecule has 0 amide bonds. The summed E-state index contributed by atoms with van der Waals surface area (Å²) in [5.74, 6) is 0. The minimum Gasteiger partial charge on any atom is -0.378 e. The maximum atomic E-state index is 6.17. The van der Waals surface area contributed by atoms with Crippen molar-refractivity contribution in [2.24, 2.45) is 0 Å². The molecule has 0 aromatic heterocycles. The van der Waals surface area contributed by atoms with Crippen LogP contribution in [-0.2, 0) is 9.47 Å². The zero-order valence-corrected chi connectivity index (χ0v) is 8.85. The molecule has 2 rings (SSSR count). The molecule has 2 aliphatic rings. The lowest BCUT2D eigenvalue weighted by molar-refractivity contribution is -0.152.